The Labute approximate surface area is 103 Å². The van der Waals surface area contributed by atoms with Crippen LogP contribution < -0.4 is 15.2 Å². The zero-order chi connectivity index (χ0) is 12.3. The number of pyridine rings is 1. The minimum atomic E-state index is -4.77. The standard InChI is InChI=1S/C8H8F3IN2O2/c1-15-5-2-6(16-8(9,10)11)14-7(12)4(5)3-13/h2H,3,13H2,1H3. The first-order valence-electron chi connectivity index (χ1n) is 4.06. The second kappa shape index (κ2) is 5.04. The van der Waals surface area contributed by atoms with Crippen LogP contribution in [0, 0.1) is 3.70 Å². The molecule has 0 saturated heterocycles. The fourth-order valence-electron chi connectivity index (χ4n) is 1.04. The third-order valence-corrected chi connectivity index (χ3v) is 2.55. The molecule has 1 aromatic heterocycles. The maximum Gasteiger partial charge on any atom is 0.574 e. The van der Waals surface area contributed by atoms with Gasteiger partial charge in [0.05, 0.1) is 7.11 Å². The van der Waals surface area contributed by atoms with Crippen LogP contribution in [0.5, 0.6) is 11.6 Å². The first kappa shape index (κ1) is 13.3. The Morgan fingerprint density at radius 2 is 2.12 bits per heavy atom. The number of nitrogens with two attached hydrogens (primary N) is 1. The molecule has 0 atom stereocenters. The summed E-state index contributed by atoms with van der Waals surface area (Å²) < 4.78 is 44.8. The van der Waals surface area contributed by atoms with Gasteiger partial charge in [-0.15, -0.1) is 13.2 Å². The Hall–Kier alpha value is -0.770. The average Bonchev–Trinajstić information content (AvgIpc) is 2.14. The fourth-order valence-corrected chi connectivity index (χ4v) is 1.76. The molecule has 90 valence electrons. The van der Waals surface area contributed by atoms with E-state index in [-0.39, 0.29) is 12.3 Å². The van der Waals surface area contributed by atoms with Crippen molar-refractivity contribution in [1.29, 1.82) is 0 Å². The molecule has 0 saturated carbocycles. The summed E-state index contributed by atoms with van der Waals surface area (Å²) in [5, 5.41) is 0. The summed E-state index contributed by atoms with van der Waals surface area (Å²) in [5.41, 5.74) is 5.96. The number of alkyl halides is 3. The second-order valence-electron chi connectivity index (χ2n) is 2.68. The lowest BCUT2D eigenvalue weighted by Gasteiger charge is -2.12. The molecule has 0 fully saturated rings. The van der Waals surface area contributed by atoms with Crippen LogP contribution >= 0.6 is 22.6 Å². The molecule has 0 amide bonds. The molecule has 8 heteroatoms. The van der Waals surface area contributed by atoms with Crippen LogP contribution in [0.15, 0.2) is 6.07 Å². The van der Waals surface area contributed by atoms with Crippen molar-refractivity contribution >= 4 is 22.6 Å². The minimum Gasteiger partial charge on any atom is -0.496 e. The highest BCUT2D eigenvalue weighted by Crippen LogP contribution is 2.29. The zero-order valence-corrected chi connectivity index (χ0v) is 10.3. The Kier molecular flexibility index (Phi) is 4.19. The molecule has 1 rings (SSSR count). The molecule has 0 aliphatic heterocycles. The van der Waals surface area contributed by atoms with Crippen LogP contribution in [-0.4, -0.2) is 18.5 Å². The number of rotatable bonds is 3. The van der Waals surface area contributed by atoms with Crippen LogP contribution in [0.3, 0.4) is 0 Å². The molecule has 0 bridgehead atoms. The molecule has 16 heavy (non-hydrogen) atoms. The van der Waals surface area contributed by atoms with Crippen molar-refractivity contribution in [2.45, 2.75) is 12.9 Å². The van der Waals surface area contributed by atoms with Crippen molar-refractivity contribution in [2.24, 2.45) is 5.73 Å². The predicted molar refractivity (Wildman–Crippen MR) is 58.1 cm³/mol. The number of hydrogen-bond acceptors (Lipinski definition) is 4. The van der Waals surface area contributed by atoms with Crippen molar-refractivity contribution in [3.05, 3.63) is 15.3 Å². The van der Waals surface area contributed by atoms with E-state index in [4.69, 9.17) is 10.5 Å². The molecule has 0 radical (unpaired) electrons. The minimum absolute atomic E-state index is 0.126. The highest BCUT2D eigenvalue weighted by Gasteiger charge is 2.32. The summed E-state index contributed by atoms with van der Waals surface area (Å²) >= 11 is 1.77. The molecule has 1 heterocycles. The van der Waals surface area contributed by atoms with E-state index in [1.54, 1.807) is 22.6 Å². The third kappa shape index (κ3) is 3.37. The van der Waals surface area contributed by atoms with Crippen molar-refractivity contribution in [3.63, 3.8) is 0 Å². The number of nitrogens with zero attached hydrogens (tertiary/aromatic N) is 1. The lowest BCUT2D eigenvalue weighted by molar-refractivity contribution is -0.276. The highest BCUT2D eigenvalue weighted by molar-refractivity contribution is 14.1. The fraction of sp³-hybridized carbons (Fsp3) is 0.375. The summed E-state index contributed by atoms with van der Waals surface area (Å²) in [6.07, 6.45) is -4.77. The van der Waals surface area contributed by atoms with Crippen LogP contribution in [0.1, 0.15) is 5.56 Å². The van der Waals surface area contributed by atoms with Gasteiger partial charge in [0, 0.05) is 18.2 Å². The number of ether oxygens (including phenoxy) is 2. The van der Waals surface area contributed by atoms with Gasteiger partial charge >= 0.3 is 6.36 Å². The molecular weight excluding hydrogens is 340 g/mol. The predicted octanol–water partition coefficient (Wildman–Crippen LogP) is 2.05. The summed E-state index contributed by atoms with van der Waals surface area (Å²) in [6, 6.07) is 1.05. The van der Waals surface area contributed by atoms with E-state index in [1.165, 1.54) is 7.11 Å². The van der Waals surface area contributed by atoms with Gasteiger partial charge in [0.15, 0.2) is 0 Å². The van der Waals surface area contributed by atoms with Crippen LogP contribution in [-0.2, 0) is 6.54 Å². The number of hydrogen-bond donors (Lipinski definition) is 1. The topological polar surface area (TPSA) is 57.4 Å². The van der Waals surface area contributed by atoms with Gasteiger partial charge in [-0.2, -0.15) is 0 Å². The molecule has 2 N–H and O–H groups in total. The lowest BCUT2D eigenvalue weighted by atomic mass is 10.2. The first-order valence-corrected chi connectivity index (χ1v) is 5.14. The van der Waals surface area contributed by atoms with Crippen molar-refractivity contribution in [1.82, 2.24) is 4.98 Å². The third-order valence-electron chi connectivity index (χ3n) is 1.65. The van der Waals surface area contributed by atoms with Gasteiger partial charge in [-0.05, 0) is 22.6 Å². The van der Waals surface area contributed by atoms with Gasteiger partial charge in [-0.3, -0.25) is 0 Å². The Balaban J connectivity index is 3.10. The molecule has 0 aliphatic rings. The van der Waals surface area contributed by atoms with Crippen molar-refractivity contribution in [2.75, 3.05) is 7.11 Å². The van der Waals surface area contributed by atoms with E-state index < -0.39 is 12.2 Å². The number of aromatic nitrogens is 1. The Bertz CT molecular complexity index is 384. The monoisotopic (exact) mass is 348 g/mol. The zero-order valence-electron chi connectivity index (χ0n) is 8.14. The van der Waals surface area contributed by atoms with E-state index >= 15 is 0 Å². The van der Waals surface area contributed by atoms with E-state index in [9.17, 15) is 13.2 Å². The summed E-state index contributed by atoms with van der Waals surface area (Å²) in [4.78, 5) is 3.62. The summed E-state index contributed by atoms with van der Waals surface area (Å²) in [7, 11) is 1.34. The smallest absolute Gasteiger partial charge is 0.496 e. The summed E-state index contributed by atoms with van der Waals surface area (Å²) in [5.74, 6) is -0.341. The van der Waals surface area contributed by atoms with Gasteiger partial charge in [-0.1, -0.05) is 0 Å². The first-order chi connectivity index (χ1) is 7.37. The van der Waals surface area contributed by atoms with Crippen LogP contribution in [0.4, 0.5) is 13.2 Å². The second-order valence-corrected chi connectivity index (χ2v) is 3.71. The molecule has 0 unspecified atom stereocenters. The molecule has 0 aliphatic carbocycles. The van der Waals surface area contributed by atoms with Crippen LogP contribution in [0.2, 0.25) is 0 Å². The average molecular weight is 348 g/mol. The quantitative estimate of drug-likeness (QED) is 0.671. The molecule has 1 aromatic rings. The maximum absolute atomic E-state index is 12.0. The normalized spacial score (nSPS) is 11.4. The number of methoxy groups -OCH3 is 1. The van der Waals surface area contributed by atoms with Crippen LogP contribution in [0.25, 0.3) is 0 Å². The van der Waals surface area contributed by atoms with Crippen molar-refractivity contribution < 1.29 is 22.6 Å². The maximum atomic E-state index is 12.0. The molecule has 0 spiro atoms. The van der Waals surface area contributed by atoms with E-state index in [0.717, 1.165) is 6.07 Å². The van der Waals surface area contributed by atoms with Gasteiger partial charge in [0.1, 0.15) is 9.45 Å². The highest BCUT2D eigenvalue weighted by atomic mass is 127. The Morgan fingerprint density at radius 1 is 1.50 bits per heavy atom. The van der Waals surface area contributed by atoms with Gasteiger partial charge in [0.25, 0.3) is 0 Å². The largest absolute Gasteiger partial charge is 0.574 e. The van der Waals surface area contributed by atoms with E-state index in [2.05, 4.69) is 9.72 Å². The van der Waals surface area contributed by atoms with Crippen molar-refractivity contribution in [3.8, 4) is 11.6 Å². The SMILES string of the molecule is COc1cc(OC(F)(F)F)nc(I)c1CN. The number of halogens is 4. The molecule has 0 aromatic carbocycles. The van der Waals surface area contributed by atoms with Gasteiger partial charge < -0.3 is 15.2 Å². The molecular formula is C8H8F3IN2O2. The Morgan fingerprint density at radius 3 is 2.56 bits per heavy atom. The van der Waals surface area contributed by atoms with Gasteiger partial charge in [-0.25, -0.2) is 4.98 Å². The lowest BCUT2D eigenvalue weighted by Crippen LogP contribution is -2.18. The van der Waals surface area contributed by atoms with E-state index in [0.29, 0.717) is 9.26 Å². The molecule has 4 nitrogen and oxygen atoms in total. The summed E-state index contributed by atoms with van der Waals surface area (Å²) in [6.45, 7) is 0.126. The van der Waals surface area contributed by atoms with Gasteiger partial charge in [0.2, 0.25) is 5.88 Å². The van der Waals surface area contributed by atoms with E-state index in [1.807, 2.05) is 0 Å².